The molecular weight excluding hydrogens is 544 g/mol. The van der Waals surface area contributed by atoms with E-state index in [1.54, 1.807) is 25.3 Å². The van der Waals surface area contributed by atoms with Crippen LogP contribution < -0.4 is 25.3 Å². The van der Waals surface area contributed by atoms with Crippen molar-refractivity contribution < 1.29 is 23.1 Å². The molecule has 1 aromatic heterocycles. The quantitative estimate of drug-likeness (QED) is 0.338. The normalized spacial score (nSPS) is 17.4. The Balaban J connectivity index is 1.43. The van der Waals surface area contributed by atoms with Crippen LogP contribution in [0.1, 0.15) is 31.9 Å². The largest absolute Gasteiger partial charge is 0.494 e. The molecule has 1 unspecified atom stereocenters. The van der Waals surface area contributed by atoms with E-state index in [0.717, 1.165) is 37.9 Å². The zero-order valence-corrected chi connectivity index (χ0v) is 23.9. The Morgan fingerprint density at radius 3 is 2.64 bits per heavy atom. The highest BCUT2D eigenvalue weighted by Gasteiger charge is 2.32. The van der Waals surface area contributed by atoms with Gasteiger partial charge in [0.2, 0.25) is 5.91 Å². The third-order valence-electron chi connectivity index (χ3n) is 7.53. The molecule has 0 bridgehead atoms. The number of amides is 1. The molecule has 2 aliphatic heterocycles. The predicted octanol–water partition coefficient (Wildman–Crippen LogP) is 5.04. The second kappa shape index (κ2) is 12.7. The monoisotopic (exact) mass is 579 g/mol. The van der Waals surface area contributed by atoms with Crippen molar-refractivity contribution in [3.63, 3.8) is 0 Å². The first-order chi connectivity index (χ1) is 20.3. The molecule has 1 atom stereocenters. The Bertz CT molecular complexity index is 1450. The van der Waals surface area contributed by atoms with Crippen LogP contribution in [0.4, 0.5) is 37.5 Å². The van der Waals surface area contributed by atoms with Crippen molar-refractivity contribution in [3.8, 4) is 5.75 Å². The fraction of sp³-hybridized carbons (Fsp3) is 0.367. The van der Waals surface area contributed by atoms with Crippen LogP contribution in [0.25, 0.3) is 0 Å². The lowest BCUT2D eigenvalue weighted by Crippen LogP contribution is -2.49. The van der Waals surface area contributed by atoms with Crippen LogP contribution in [0.3, 0.4) is 0 Å². The molecule has 10 nitrogen and oxygen atoms in total. The summed E-state index contributed by atoms with van der Waals surface area (Å²) in [4.78, 5) is 31.4. The number of carbonyl (C=O) groups is 1. The van der Waals surface area contributed by atoms with E-state index in [2.05, 4.69) is 50.8 Å². The maximum atomic E-state index is 14.6. The number of hydrogen-bond donors (Lipinski definition) is 2. The SMILES string of the molecule is C=CC(=O)Nc1cc(Nc2cc(N3OCCC3c3cccc(F)c3F)ncn2)c(OC)cc1N1CCN(C(C)C)CC1. The van der Waals surface area contributed by atoms with Gasteiger partial charge >= 0.3 is 0 Å². The van der Waals surface area contributed by atoms with E-state index in [0.29, 0.717) is 47.8 Å². The third kappa shape index (κ3) is 6.14. The molecule has 3 aromatic rings. The molecule has 2 aliphatic rings. The number of methoxy groups -OCH3 is 1. The Morgan fingerprint density at radius 2 is 1.93 bits per heavy atom. The van der Waals surface area contributed by atoms with Gasteiger partial charge in [0.1, 0.15) is 17.9 Å². The number of nitrogens with one attached hydrogen (secondary N) is 2. The number of hydroxylamine groups is 1. The number of piperazine rings is 1. The molecule has 2 N–H and O–H groups in total. The maximum absolute atomic E-state index is 14.6. The van der Waals surface area contributed by atoms with Gasteiger partial charge in [-0.1, -0.05) is 18.7 Å². The number of anilines is 5. The van der Waals surface area contributed by atoms with E-state index in [4.69, 9.17) is 9.57 Å². The van der Waals surface area contributed by atoms with Gasteiger partial charge in [-0.3, -0.25) is 14.5 Å². The molecule has 0 radical (unpaired) electrons. The number of halogens is 2. The lowest BCUT2D eigenvalue weighted by Gasteiger charge is -2.39. The minimum atomic E-state index is -0.916. The van der Waals surface area contributed by atoms with Gasteiger partial charge in [0, 0.05) is 56.3 Å². The molecule has 2 aromatic carbocycles. The number of rotatable bonds is 9. The average molecular weight is 580 g/mol. The first kappa shape index (κ1) is 29.2. The highest BCUT2D eigenvalue weighted by Crippen LogP contribution is 2.40. The summed E-state index contributed by atoms with van der Waals surface area (Å²) in [5, 5.41) is 7.64. The van der Waals surface area contributed by atoms with E-state index in [1.807, 2.05) is 6.07 Å². The van der Waals surface area contributed by atoms with E-state index in [-0.39, 0.29) is 11.5 Å². The highest BCUT2D eigenvalue weighted by atomic mass is 19.2. The molecule has 3 heterocycles. The van der Waals surface area contributed by atoms with E-state index < -0.39 is 17.7 Å². The molecule has 12 heteroatoms. The summed E-state index contributed by atoms with van der Waals surface area (Å²) in [6.45, 7) is 11.7. The van der Waals surface area contributed by atoms with E-state index in [1.165, 1.54) is 23.5 Å². The fourth-order valence-electron chi connectivity index (χ4n) is 5.29. The number of ether oxygens (including phenoxy) is 1. The van der Waals surface area contributed by atoms with Crippen molar-refractivity contribution in [1.29, 1.82) is 0 Å². The third-order valence-corrected chi connectivity index (χ3v) is 7.53. The van der Waals surface area contributed by atoms with Gasteiger partial charge in [-0.15, -0.1) is 0 Å². The molecule has 2 fully saturated rings. The van der Waals surface area contributed by atoms with Crippen LogP contribution in [0.15, 0.2) is 55.4 Å². The Labute approximate surface area is 243 Å². The summed E-state index contributed by atoms with van der Waals surface area (Å²) in [5.74, 6) is -0.829. The molecule has 222 valence electrons. The summed E-state index contributed by atoms with van der Waals surface area (Å²) < 4.78 is 34.3. The Kier molecular flexibility index (Phi) is 8.83. The molecule has 0 spiro atoms. The number of aromatic nitrogens is 2. The van der Waals surface area contributed by atoms with Crippen molar-refractivity contribution in [2.45, 2.75) is 32.4 Å². The molecule has 5 rings (SSSR count). The van der Waals surface area contributed by atoms with Crippen molar-refractivity contribution in [3.05, 3.63) is 72.6 Å². The second-order valence-electron chi connectivity index (χ2n) is 10.4. The van der Waals surface area contributed by atoms with Crippen molar-refractivity contribution >= 4 is 34.6 Å². The summed E-state index contributed by atoms with van der Waals surface area (Å²) in [6.07, 6.45) is 3.04. The van der Waals surface area contributed by atoms with Gasteiger partial charge in [0.05, 0.1) is 36.8 Å². The van der Waals surface area contributed by atoms with Crippen molar-refractivity contribution in [2.24, 2.45) is 0 Å². The first-order valence-corrected chi connectivity index (χ1v) is 13.9. The fourth-order valence-corrected chi connectivity index (χ4v) is 5.29. The van der Waals surface area contributed by atoms with Crippen LogP contribution in [0.5, 0.6) is 5.75 Å². The van der Waals surface area contributed by atoms with Crippen molar-refractivity contribution in [1.82, 2.24) is 14.9 Å². The minimum absolute atomic E-state index is 0.190. The van der Waals surface area contributed by atoms with Crippen LogP contribution >= 0.6 is 0 Å². The van der Waals surface area contributed by atoms with Gasteiger partial charge in [-0.05, 0) is 32.1 Å². The molecular formula is C30H35F2N7O3. The van der Waals surface area contributed by atoms with Crippen molar-refractivity contribution in [2.75, 3.05) is 60.5 Å². The molecule has 0 saturated carbocycles. The zero-order valence-electron chi connectivity index (χ0n) is 23.9. The van der Waals surface area contributed by atoms with Gasteiger partial charge in [0.25, 0.3) is 0 Å². The highest BCUT2D eigenvalue weighted by molar-refractivity contribution is 6.02. The van der Waals surface area contributed by atoms with Gasteiger partial charge in [0.15, 0.2) is 17.5 Å². The van der Waals surface area contributed by atoms with Gasteiger partial charge < -0.3 is 20.3 Å². The summed E-state index contributed by atoms with van der Waals surface area (Å²) in [6, 6.07) is 9.33. The number of benzene rings is 2. The molecule has 2 saturated heterocycles. The summed E-state index contributed by atoms with van der Waals surface area (Å²) in [7, 11) is 1.57. The maximum Gasteiger partial charge on any atom is 0.247 e. The number of nitrogens with zero attached hydrogens (tertiary/aromatic N) is 5. The lowest BCUT2D eigenvalue weighted by atomic mass is 10.0. The van der Waals surface area contributed by atoms with E-state index >= 15 is 0 Å². The predicted molar refractivity (Wildman–Crippen MR) is 158 cm³/mol. The number of hydrogen-bond acceptors (Lipinski definition) is 9. The minimum Gasteiger partial charge on any atom is -0.494 e. The van der Waals surface area contributed by atoms with Crippen LogP contribution in [-0.4, -0.2) is 66.7 Å². The average Bonchev–Trinajstić information content (AvgIpc) is 3.49. The summed E-state index contributed by atoms with van der Waals surface area (Å²) in [5.41, 5.74) is 2.18. The Hall–Kier alpha value is -4.29. The number of carbonyl (C=O) groups excluding carboxylic acids is 1. The molecule has 1 amide bonds. The van der Waals surface area contributed by atoms with Gasteiger partial charge in [-0.25, -0.2) is 23.8 Å². The van der Waals surface area contributed by atoms with Gasteiger partial charge in [-0.2, -0.15) is 0 Å². The topological polar surface area (TPSA) is 95.1 Å². The summed E-state index contributed by atoms with van der Waals surface area (Å²) >= 11 is 0. The Morgan fingerprint density at radius 1 is 1.14 bits per heavy atom. The lowest BCUT2D eigenvalue weighted by molar-refractivity contribution is -0.111. The second-order valence-corrected chi connectivity index (χ2v) is 10.4. The zero-order chi connectivity index (χ0) is 29.8. The smallest absolute Gasteiger partial charge is 0.247 e. The van der Waals surface area contributed by atoms with Crippen LogP contribution in [-0.2, 0) is 9.63 Å². The molecule has 42 heavy (non-hydrogen) atoms. The van der Waals surface area contributed by atoms with E-state index in [9.17, 15) is 13.6 Å². The van der Waals surface area contributed by atoms with Crippen LogP contribution in [0, 0.1) is 11.6 Å². The first-order valence-electron chi connectivity index (χ1n) is 13.9. The molecule has 0 aliphatic carbocycles. The standard InChI is InChI=1S/C30H35F2N7O3/c1-5-29(40)36-22-15-23(26(41-4)16-25(22)38-12-10-37(11-13-38)19(2)3)35-27-17-28(34-18-33-27)39-24(9-14-42-39)20-7-6-8-21(31)30(20)32/h5-8,15-19,24H,1,9-14H2,2-4H3,(H,36,40)(H,33,34,35). The van der Waals surface area contributed by atoms with Crippen LogP contribution in [0.2, 0.25) is 0 Å².